The average molecular weight is 186 g/mol. The molecule has 1 unspecified atom stereocenters. The monoisotopic (exact) mass is 186 g/mol. The van der Waals surface area contributed by atoms with Crippen molar-refractivity contribution in [3.8, 4) is 0 Å². The quantitative estimate of drug-likeness (QED) is 0.629. The van der Waals surface area contributed by atoms with Gasteiger partial charge in [-0.15, -0.1) is 0 Å². The molecule has 0 aromatic heterocycles. The minimum Gasteiger partial charge on any atom is -0.396 e. The number of likely N-dealkylation sites (N-methyl/N-ethyl adjacent to an activating group) is 1. The molecule has 1 atom stereocenters. The Balaban J connectivity index is 2.60. The zero-order chi connectivity index (χ0) is 9.68. The normalized spacial score (nSPS) is 25.4. The molecule has 4 nitrogen and oxygen atoms in total. The molecular formula is C9H18N2O2. The molecule has 0 spiro atoms. The summed E-state index contributed by atoms with van der Waals surface area (Å²) >= 11 is 0. The van der Waals surface area contributed by atoms with E-state index in [0.717, 1.165) is 26.1 Å². The highest BCUT2D eigenvalue weighted by Crippen LogP contribution is 2.08. The highest BCUT2D eigenvalue weighted by Gasteiger charge is 2.25. The first-order valence-corrected chi connectivity index (χ1v) is 4.92. The van der Waals surface area contributed by atoms with Crippen LogP contribution < -0.4 is 5.32 Å². The van der Waals surface area contributed by atoms with Gasteiger partial charge in [0.2, 0.25) is 5.91 Å². The summed E-state index contributed by atoms with van der Waals surface area (Å²) in [4.78, 5) is 13.6. The maximum absolute atomic E-state index is 11.5. The second kappa shape index (κ2) is 5.19. The van der Waals surface area contributed by atoms with Gasteiger partial charge in [-0.1, -0.05) is 6.92 Å². The van der Waals surface area contributed by atoms with Crippen molar-refractivity contribution >= 4 is 5.91 Å². The lowest BCUT2D eigenvalue weighted by Gasteiger charge is -2.25. The number of aliphatic hydroxyl groups is 1. The van der Waals surface area contributed by atoms with Crippen LogP contribution in [0.2, 0.25) is 0 Å². The van der Waals surface area contributed by atoms with E-state index in [0.29, 0.717) is 6.42 Å². The number of nitrogens with one attached hydrogen (secondary N) is 1. The van der Waals surface area contributed by atoms with Crippen LogP contribution in [0.5, 0.6) is 0 Å². The molecular weight excluding hydrogens is 168 g/mol. The molecule has 1 saturated heterocycles. The van der Waals surface area contributed by atoms with Crippen molar-refractivity contribution in [1.29, 1.82) is 0 Å². The van der Waals surface area contributed by atoms with Gasteiger partial charge in [0.1, 0.15) is 0 Å². The molecule has 1 amide bonds. The van der Waals surface area contributed by atoms with Gasteiger partial charge in [-0.2, -0.15) is 0 Å². The number of amides is 1. The molecule has 0 aromatic carbocycles. The van der Waals surface area contributed by atoms with Crippen molar-refractivity contribution < 1.29 is 9.90 Å². The molecule has 0 saturated carbocycles. The highest BCUT2D eigenvalue weighted by molar-refractivity contribution is 5.81. The van der Waals surface area contributed by atoms with Crippen molar-refractivity contribution in [3.05, 3.63) is 0 Å². The van der Waals surface area contributed by atoms with Crippen molar-refractivity contribution in [3.63, 3.8) is 0 Å². The number of rotatable bonds is 3. The number of carbonyl (C=O) groups excluding carboxylic acids is 1. The van der Waals surface area contributed by atoms with Crippen LogP contribution in [0.4, 0.5) is 0 Å². The van der Waals surface area contributed by atoms with Crippen LogP contribution in [0.15, 0.2) is 0 Å². The van der Waals surface area contributed by atoms with Crippen LogP contribution in [-0.4, -0.2) is 48.2 Å². The van der Waals surface area contributed by atoms with E-state index in [-0.39, 0.29) is 18.6 Å². The molecule has 1 heterocycles. The Kier molecular flexibility index (Phi) is 4.18. The van der Waals surface area contributed by atoms with Gasteiger partial charge in [0, 0.05) is 19.7 Å². The fraction of sp³-hybridized carbons (Fsp3) is 0.889. The summed E-state index contributed by atoms with van der Waals surface area (Å²) in [6.45, 7) is 4.70. The second-order valence-electron chi connectivity index (χ2n) is 3.30. The molecule has 4 heteroatoms. The summed E-state index contributed by atoms with van der Waals surface area (Å²) in [5, 5.41) is 11.7. The van der Waals surface area contributed by atoms with E-state index < -0.39 is 0 Å². The lowest BCUT2D eigenvalue weighted by atomic mass is 10.1. The Bertz CT molecular complexity index is 173. The number of carbonyl (C=O) groups is 1. The molecule has 1 aliphatic heterocycles. The van der Waals surface area contributed by atoms with Gasteiger partial charge in [0.25, 0.3) is 0 Å². The van der Waals surface area contributed by atoms with E-state index in [1.54, 1.807) is 0 Å². The van der Waals surface area contributed by atoms with Gasteiger partial charge < -0.3 is 10.4 Å². The molecule has 76 valence electrons. The zero-order valence-electron chi connectivity index (χ0n) is 8.12. The number of nitrogens with zero attached hydrogens (tertiary/aromatic N) is 1. The summed E-state index contributed by atoms with van der Waals surface area (Å²) in [7, 11) is 0. The van der Waals surface area contributed by atoms with Crippen LogP contribution in [0.25, 0.3) is 0 Å². The zero-order valence-corrected chi connectivity index (χ0v) is 8.12. The Hall–Kier alpha value is -0.610. The Labute approximate surface area is 78.9 Å². The maximum Gasteiger partial charge on any atom is 0.237 e. The van der Waals surface area contributed by atoms with Crippen LogP contribution in [0, 0.1) is 0 Å². The Morgan fingerprint density at radius 2 is 2.46 bits per heavy atom. The number of hydrogen-bond donors (Lipinski definition) is 2. The van der Waals surface area contributed by atoms with Crippen LogP contribution >= 0.6 is 0 Å². The summed E-state index contributed by atoms with van der Waals surface area (Å²) < 4.78 is 0. The molecule has 1 aliphatic rings. The lowest BCUT2D eigenvalue weighted by molar-refractivity contribution is -0.126. The Morgan fingerprint density at radius 1 is 1.69 bits per heavy atom. The number of hydrogen-bond acceptors (Lipinski definition) is 3. The molecule has 1 fully saturated rings. The minimum atomic E-state index is -0.127. The third kappa shape index (κ3) is 2.67. The van der Waals surface area contributed by atoms with E-state index in [2.05, 4.69) is 10.2 Å². The standard InChI is InChI=1S/C9H18N2O2/c1-2-11-6-3-5-10-9(13)8(11)4-7-12/h8,12H,2-7H2,1H3,(H,10,13). The van der Waals surface area contributed by atoms with Gasteiger partial charge in [-0.3, -0.25) is 9.69 Å². The maximum atomic E-state index is 11.5. The van der Waals surface area contributed by atoms with Gasteiger partial charge >= 0.3 is 0 Å². The second-order valence-corrected chi connectivity index (χ2v) is 3.30. The molecule has 0 aliphatic carbocycles. The smallest absolute Gasteiger partial charge is 0.237 e. The molecule has 13 heavy (non-hydrogen) atoms. The third-order valence-corrected chi connectivity index (χ3v) is 2.47. The molecule has 2 N–H and O–H groups in total. The van der Waals surface area contributed by atoms with Crippen molar-refractivity contribution in [2.75, 3.05) is 26.2 Å². The summed E-state index contributed by atoms with van der Waals surface area (Å²) in [6, 6.07) is -0.127. The first-order valence-electron chi connectivity index (χ1n) is 4.92. The van der Waals surface area contributed by atoms with Gasteiger partial charge in [0.15, 0.2) is 0 Å². The van der Waals surface area contributed by atoms with Crippen LogP contribution in [0.1, 0.15) is 19.8 Å². The fourth-order valence-electron chi connectivity index (χ4n) is 1.75. The highest BCUT2D eigenvalue weighted by atomic mass is 16.3. The average Bonchev–Trinajstić information content (AvgIpc) is 2.30. The SMILES string of the molecule is CCN1CCCNC(=O)C1CCO. The van der Waals surface area contributed by atoms with Gasteiger partial charge in [0.05, 0.1) is 6.04 Å². The fourth-order valence-corrected chi connectivity index (χ4v) is 1.75. The predicted octanol–water partition coefficient (Wildman–Crippen LogP) is -0.421. The molecule has 0 bridgehead atoms. The van der Waals surface area contributed by atoms with Gasteiger partial charge in [-0.05, 0) is 19.4 Å². The predicted molar refractivity (Wildman–Crippen MR) is 50.4 cm³/mol. The van der Waals surface area contributed by atoms with E-state index in [4.69, 9.17) is 5.11 Å². The topological polar surface area (TPSA) is 52.6 Å². The summed E-state index contributed by atoms with van der Waals surface area (Å²) in [5.41, 5.74) is 0. The van der Waals surface area contributed by atoms with Gasteiger partial charge in [-0.25, -0.2) is 0 Å². The minimum absolute atomic E-state index is 0.0633. The van der Waals surface area contributed by atoms with Crippen molar-refractivity contribution in [2.24, 2.45) is 0 Å². The van der Waals surface area contributed by atoms with E-state index in [9.17, 15) is 4.79 Å². The first kappa shape index (κ1) is 10.5. The lowest BCUT2D eigenvalue weighted by Crippen LogP contribution is -2.44. The Morgan fingerprint density at radius 3 is 3.08 bits per heavy atom. The first-order chi connectivity index (χ1) is 6.29. The molecule has 1 rings (SSSR count). The van der Waals surface area contributed by atoms with Crippen LogP contribution in [0.3, 0.4) is 0 Å². The van der Waals surface area contributed by atoms with E-state index >= 15 is 0 Å². The van der Waals surface area contributed by atoms with E-state index in [1.807, 2.05) is 6.92 Å². The number of aliphatic hydroxyl groups excluding tert-OH is 1. The largest absolute Gasteiger partial charge is 0.396 e. The van der Waals surface area contributed by atoms with Crippen molar-refractivity contribution in [1.82, 2.24) is 10.2 Å². The molecule has 0 aromatic rings. The summed E-state index contributed by atoms with van der Waals surface area (Å²) in [5.74, 6) is 0.0633. The van der Waals surface area contributed by atoms with Crippen molar-refractivity contribution in [2.45, 2.75) is 25.8 Å². The molecule has 0 radical (unpaired) electrons. The third-order valence-electron chi connectivity index (χ3n) is 2.47. The van der Waals surface area contributed by atoms with Crippen LogP contribution in [-0.2, 0) is 4.79 Å². The summed E-state index contributed by atoms with van der Waals surface area (Å²) in [6.07, 6.45) is 1.54. The van der Waals surface area contributed by atoms with E-state index in [1.165, 1.54) is 0 Å².